The van der Waals surface area contributed by atoms with Gasteiger partial charge in [-0.05, 0) is 32.1 Å². The first-order valence-electron chi connectivity index (χ1n) is 31.1. The highest BCUT2D eigenvalue weighted by Crippen LogP contribution is 2.23. The molecule has 1 amide bonds. The number of aliphatic hydroxyl groups excluding tert-OH is 5. The van der Waals surface area contributed by atoms with Gasteiger partial charge in [-0.25, -0.2) is 0 Å². The zero-order valence-electron chi connectivity index (χ0n) is 46.8. The Bertz CT molecular complexity index is 1170. The van der Waals surface area contributed by atoms with Crippen molar-refractivity contribution in [2.24, 2.45) is 0 Å². The van der Waals surface area contributed by atoms with Crippen molar-refractivity contribution in [2.75, 3.05) is 13.2 Å². The number of carbonyl (C=O) groups excluding carboxylic acids is 1. The van der Waals surface area contributed by atoms with Crippen LogP contribution in [0.25, 0.3) is 0 Å². The number of hydrogen-bond donors (Lipinski definition) is 6. The highest BCUT2D eigenvalue weighted by atomic mass is 16.7. The van der Waals surface area contributed by atoms with Crippen LogP contribution in [-0.2, 0) is 14.3 Å². The van der Waals surface area contributed by atoms with Crippen molar-refractivity contribution < 1.29 is 39.8 Å². The van der Waals surface area contributed by atoms with Crippen LogP contribution in [0.1, 0.15) is 309 Å². The van der Waals surface area contributed by atoms with Crippen LogP contribution in [0.3, 0.4) is 0 Å². The predicted octanol–water partition coefficient (Wildman–Crippen LogP) is 15.7. The Morgan fingerprint density at radius 3 is 1.18 bits per heavy atom. The lowest BCUT2D eigenvalue weighted by molar-refractivity contribution is -0.302. The third-order valence-electron chi connectivity index (χ3n) is 15.0. The van der Waals surface area contributed by atoms with Gasteiger partial charge in [0.1, 0.15) is 24.4 Å². The van der Waals surface area contributed by atoms with Gasteiger partial charge >= 0.3 is 0 Å². The van der Waals surface area contributed by atoms with Crippen LogP contribution < -0.4 is 5.32 Å². The maximum atomic E-state index is 13.1. The molecular formula is C62H119NO8. The van der Waals surface area contributed by atoms with Gasteiger partial charge in [-0.15, -0.1) is 0 Å². The van der Waals surface area contributed by atoms with E-state index in [0.717, 1.165) is 38.5 Å². The summed E-state index contributed by atoms with van der Waals surface area (Å²) >= 11 is 0. The predicted molar refractivity (Wildman–Crippen MR) is 300 cm³/mol. The molecule has 0 radical (unpaired) electrons. The van der Waals surface area contributed by atoms with E-state index < -0.39 is 49.5 Å². The summed E-state index contributed by atoms with van der Waals surface area (Å²) in [4.78, 5) is 13.1. The van der Waals surface area contributed by atoms with Gasteiger partial charge in [-0.1, -0.05) is 295 Å². The van der Waals surface area contributed by atoms with Crippen molar-refractivity contribution in [3.63, 3.8) is 0 Å². The molecule has 1 rings (SSSR count). The Hall–Kier alpha value is -1.33. The van der Waals surface area contributed by atoms with Gasteiger partial charge in [0.2, 0.25) is 5.91 Å². The zero-order chi connectivity index (χ0) is 51.5. The fourth-order valence-corrected chi connectivity index (χ4v) is 10.1. The van der Waals surface area contributed by atoms with Crippen molar-refractivity contribution in [3.8, 4) is 0 Å². The van der Waals surface area contributed by atoms with E-state index >= 15 is 0 Å². The molecule has 9 heteroatoms. The molecule has 0 aliphatic carbocycles. The van der Waals surface area contributed by atoms with Gasteiger partial charge in [0.25, 0.3) is 0 Å². The van der Waals surface area contributed by atoms with Crippen LogP contribution in [0.15, 0.2) is 24.3 Å². The largest absolute Gasteiger partial charge is 0.394 e. The molecule has 0 aromatic heterocycles. The summed E-state index contributed by atoms with van der Waals surface area (Å²) in [5.74, 6) is -0.180. The molecule has 1 aliphatic rings. The molecule has 0 saturated carbocycles. The van der Waals surface area contributed by atoms with Gasteiger partial charge in [0.05, 0.1) is 25.4 Å². The fourth-order valence-electron chi connectivity index (χ4n) is 10.1. The lowest BCUT2D eigenvalue weighted by Crippen LogP contribution is -2.60. The average Bonchev–Trinajstić information content (AvgIpc) is 3.37. The molecule has 71 heavy (non-hydrogen) atoms. The molecule has 9 nitrogen and oxygen atoms in total. The summed E-state index contributed by atoms with van der Waals surface area (Å²) in [6.45, 7) is 3.81. The van der Waals surface area contributed by atoms with Crippen molar-refractivity contribution in [2.45, 2.75) is 352 Å². The minimum absolute atomic E-state index is 0.180. The van der Waals surface area contributed by atoms with Gasteiger partial charge in [-0.2, -0.15) is 0 Å². The molecule has 7 unspecified atom stereocenters. The molecular weight excluding hydrogens is 887 g/mol. The van der Waals surface area contributed by atoms with Crippen molar-refractivity contribution >= 4 is 5.91 Å². The second-order valence-electron chi connectivity index (χ2n) is 21.9. The Labute approximate surface area is 439 Å². The van der Waals surface area contributed by atoms with Crippen molar-refractivity contribution in [1.82, 2.24) is 5.32 Å². The van der Waals surface area contributed by atoms with E-state index in [1.165, 1.54) is 250 Å². The van der Waals surface area contributed by atoms with Crippen LogP contribution in [0.4, 0.5) is 0 Å². The van der Waals surface area contributed by atoms with Crippen LogP contribution >= 0.6 is 0 Å². The van der Waals surface area contributed by atoms with Crippen molar-refractivity contribution in [1.29, 1.82) is 0 Å². The lowest BCUT2D eigenvalue weighted by Gasteiger charge is -2.40. The van der Waals surface area contributed by atoms with Gasteiger partial charge in [0.15, 0.2) is 6.29 Å². The van der Waals surface area contributed by atoms with Crippen LogP contribution in [0, 0.1) is 0 Å². The lowest BCUT2D eigenvalue weighted by atomic mass is 9.99. The average molecular weight is 1010 g/mol. The smallest absolute Gasteiger partial charge is 0.220 e. The Morgan fingerprint density at radius 1 is 0.465 bits per heavy atom. The number of hydrogen-bond acceptors (Lipinski definition) is 8. The molecule has 1 saturated heterocycles. The molecule has 0 bridgehead atoms. The van der Waals surface area contributed by atoms with E-state index in [2.05, 4.69) is 31.3 Å². The van der Waals surface area contributed by atoms with E-state index in [1.807, 2.05) is 6.08 Å². The number of amides is 1. The topological polar surface area (TPSA) is 149 Å². The van der Waals surface area contributed by atoms with Crippen LogP contribution in [0.5, 0.6) is 0 Å². The molecule has 6 N–H and O–H groups in total. The maximum Gasteiger partial charge on any atom is 0.220 e. The SMILES string of the molecule is CCCCCCCCCCCCCCCCCCCCCCC/C=C/CC/C=C/C(O)C(COC1OC(CO)C(O)C(O)C1O)NC(=O)CCCCCCCCCCCCCCCCCCCCCCC. The first-order valence-corrected chi connectivity index (χ1v) is 31.1. The molecule has 1 aliphatic heterocycles. The molecule has 1 heterocycles. The van der Waals surface area contributed by atoms with Crippen molar-refractivity contribution in [3.05, 3.63) is 24.3 Å². The Kier molecular flexibility index (Phi) is 49.7. The molecule has 7 atom stereocenters. The van der Waals surface area contributed by atoms with Crippen LogP contribution in [-0.4, -0.2) is 87.5 Å². The van der Waals surface area contributed by atoms with E-state index in [9.17, 15) is 30.3 Å². The summed E-state index contributed by atoms with van der Waals surface area (Å²) in [7, 11) is 0. The number of ether oxygens (including phenoxy) is 2. The number of aliphatic hydroxyl groups is 5. The third kappa shape index (κ3) is 41.6. The van der Waals surface area contributed by atoms with E-state index in [1.54, 1.807) is 6.08 Å². The summed E-state index contributed by atoms with van der Waals surface area (Å²) in [5.41, 5.74) is 0. The molecule has 0 spiro atoms. The quantitative estimate of drug-likeness (QED) is 0.0261. The number of nitrogens with one attached hydrogen (secondary N) is 1. The summed E-state index contributed by atoms with van der Waals surface area (Å²) in [6.07, 6.45) is 59.8. The summed E-state index contributed by atoms with van der Waals surface area (Å²) in [6, 6.07) is -0.819. The zero-order valence-corrected chi connectivity index (χ0v) is 46.8. The number of rotatable bonds is 54. The number of carbonyl (C=O) groups is 1. The first kappa shape index (κ1) is 67.7. The number of allylic oxidation sites excluding steroid dienone is 3. The van der Waals surface area contributed by atoms with Gasteiger partial charge < -0.3 is 40.3 Å². The minimum Gasteiger partial charge on any atom is -0.394 e. The Balaban J connectivity index is 2.20. The normalized spacial score (nSPS) is 19.3. The number of unbranched alkanes of at least 4 members (excludes halogenated alkanes) is 42. The highest BCUT2D eigenvalue weighted by Gasteiger charge is 2.44. The molecule has 0 aromatic rings. The van der Waals surface area contributed by atoms with E-state index in [0.29, 0.717) is 6.42 Å². The van der Waals surface area contributed by atoms with E-state index in [4.69, 9.17) is 9.47 Å². The van der Waals surface area contributed by atoms with Gasteiger partial charge in [0, 0.05) is 6.42 Å². The second-order valence-corrected chi connectivity index (χ2v) is 21.9. The highest BCUT2D eigenvalue weighted by molar-refractivity contribution is 5.76. The molecule has 1 fully saturated rings. The van der Waals surface area contributed by atoms with Crippen LogP contribution in [0.2, 0.25) is 0 Å². The monoisotopic (exact) mass is 1010 g/mol. The third-order valence-corrected chi connectivity index (χ3v) is 15.0. The maximum absolute atomic E-state index is 13.1. The Morgan fingerprint density at radius 2 is 0.803 bits per heavy atom. The van der Waals surface area contributed by atoms with Gasteiger partial charge in [-0.3, -0.25) is 4.79 Å². The second kappa shape index (κ2) is 52.1. The molecule has 420 valence electrons. The standard InChI is InChI=1S/C62H119NO8/c1-3-5-7-9-11-13-15-17-19-21-23-25-26-27-28-29-30-32-33-35-37-39-41-43-45-47-49-51-56(65)55(54-70-62-61(69)60(68)59(67)57(53-64)71-62)63-58(66)52-50-48-46-44-42-40-38-36-34-31-24-22-20-18-16-14-12-10-8-6-4-2/h41,43,49,51,55-57,59-62,64-65,67-69H,3-40,42,44-48,50,52-54H2,1-2H3,(H,63,66)/b43-41+,51-49+. The summed E-state index contributed by atoms with van der Waals surface area (Å²) in [5, 5.41) is 54.6. The summed E-state index contributed by atoms with van der Waals surface area (Å²) < 4.78 is 11.3. The minimum atomic E-state index is -1.57. The fraction of sp³-hybridized carbons (Fsp3) is 0.919. The first-order chi connectivity index (χ1) is 34.8. The van der Waals surface area contributed by atoms with E-state index in [-0.39, 0.29) is 12.5 Å². The molecule has 0 aromatic carbocycles.